The summed E-state index contributed by atoms with van der Waals surface area (Å²) < 4.78 is 30.1. The van der Waals surface area contributed by atoms with Crippen LogP contribution in [0.4, 0.5) is 5.69 Å². The summed E-state index contributed by atoms with van der Waals surface area (Å²) >= 11 is 5.81. The van der Waals surface area contributed by atoms with Gasteiger partial charge in [0.15, 0.2) is 0 Å². The van der Waals surface area contributed by atoms with E-state index in [4.69, 9.17) is 11.6 Å². The number of sulfonamides is 1. The first-order valence-electron chi connectivity index (χ1n) is 5.27. The van der Waals surface area contributed by atoms with Crippen LogP contribution in [0.2, 0.25) is 5.02 Å². The van der Waals surface area contributed by atoms with E-state index in [0.717, 1.165) is 0 Å². The number of carbonyl (C=O) groups excluding carboxylic acids is 1. The number of carbonyl (C=O) groups is 1. The third kappa shape index (κ3) is 4.19. The number of hydrogen-bond acceptors (Lipinski definition) is 4. The minimum atomic E-state index is -3.41. The molecule has 0 aliphatic rings. The maximum atomic E-state index is 11.6. The van der Waals surface area contributed by atoms with Gasteiger partial charge in [0.1, 0.15) is 0 Å². The van der Waals surface area contributed by atoms with E-state index >= 15 is 0 Å². The predicted octanol–water partition coefficient (Wildman–Crippen LogP) is 2.28. The van der Waals surface area contributed by atoms with Gasteiger partial charge in [0.05, 0.1) is 24.1 Å². The minimum Gasteiger partial charge on any atom is -0.465 e. The van der Waals surface area contributed by atoms with Crippen molar-refractivity contribution in [2.45, 2.75) is 13.3 Å². The van der Waals surface area contributed by atoms with E-state index in [2.05, 4.69) is 9.46 Å². The van der Waals surface area contributed by atoms with Crippen LogP contribution in [-0.2, 0) is 14.8 Å². The zero-order chi connectivity index (χ0) is 13.8. The second-order valence-corrected chi connectivity index (χ2v) is 5.92. The smallest absolute Gasteiger partial charge is 0.337 e. The lowest BCUT2D eigenvalue weighted by Crippen LogP contribution is -2.16. The van der Waals surface area contributed by atoms with Crippen LogP contribution in [0, 0.1) is 0 Å². The summed E-state index contributed by atoms with van der Waals surface area (Å²) in [6.07, 6.45) is 0.500. The average Bonchev–Trinajstić information content (AvgIpc) is 2.26. The highest BCUT2D eigenvalue weighted by atomic mass is 35.5. The van der Waals surface area contributed by atoms with E-state index in [1.54, 1.807) is 6.92 Å². The Kier molecular flexibility index (Phi) is 4.98. The molecule has 1 rings (SSSR count). The highest BCUT2D eigenvalue weighted by Crippen LogP contribution is 2.20. The molecule has 0 spiro atoms. The molecule has 0 heterocycles. The van der Waals surface area contributed by atoms with Crippen molar-refractivity contribution in [3.05, 3.63) is 28.8 Å². The van der Waals surface area contributed by atoms with Gasteiger partial charge in [-0.15, -0.1) is 0 Å². The van der Waals surface area contributed by atoms with E-state index in [9.17, 15) is 13.2 Å². The molecule has 0 radical (unpaired) electrons. The van der Waals surface area contributed by atoms with Crippen molar-refractivity contribution in [3.63, 3.8) is 0 Å². The maximum absolute atomic E-state index is 11.6. The average molecular weight is 292 g/mol. The third-order valence-electron chi connectivity index (χ3n) is 2.07. The topological polar surface area (TPSA) is 72.5 Å². The molecule has 0 bridgehead atoms. The number of hydrogen-bond donors (Lipinski definition) is 1. The molecule has 1 N–H and O–H groups in total. The summed E-state index contributed by atoms with van der Waals surface area (Å²) in [5.74, 6) is -0.569. The third-order valence-corrected chi connectivity index (χ3v) is 3.78. The number of nitrogens with one attached hydrogen (secondary N) is 1. The fourth-order valence-electron chi connectivity index (χ4n) is 1.38. The Morgan fingerprint density at radius 2 is 2.06 bits per heavy atom. The molecule has 0 aliphatic carbocycles. The number of halogens is 1. The Bertz CT molecular complexity index is 542. The molecular weight excluding hydrogens is 278 g/mol. The highest BCUT2D eigenvalue weighted by Gasteiger charge is 2.12. The van der Waals surface area contributed by atoms with Crippen LogP contribution in [0.1, 0.15) is 23.7 Å². The molecule has 5 nitrogen and oxygen atoms in total. The molecule has 0 unspecified atom stereocenters. The van der Waals surface area contributed by atoms with Crippen molar-refractivity contribution in [1.29, 1.82) is 0 Å². The number of benzene rings is 1. The molecule has 1 aromatic carbocycles. The first kappa shape index (κ1) is 14.8. The van der Waals surface area contributed by atoms with Gasteiger partial charge in [-0.2, -0.15) is 0 Å². The summed E-state index contributed by atoms with van der Waals surface area (Å²) in [5, 5.41) is 0.257. The van der Waals surface area contributed by atoms with Crippen LogP contribution < -0.4 is 4.72 Å². The number of methoxy groups -OCH3 is 1. The maximum Gasteiger partial charge on any atom is 0.337 e. The van der Waals surface area contributed by atoms with E-state index in [-0.39, 0.29) is 22.0 Å². The van der Waals surface area contributed by atoms with Crippen LogP contribution in [0.5, 0.6) is 0 Å². The summed E-state index contributed by atoms with van der Waals surface area (Å²) in [6, 6.07) is 4.22. The lowest BCUT2D eigenvalue weighted by atomic mass is 10.2. The highest BCUT2D eigenvalue weighted by molar-refractivity contribution is 7.92. The van der Waals surface area contributed by atoms with Crippen LogP contribution in [0.3, 0.4) is 0 Å². The second-order valence-electron chi connectivity index (χ2n) is 3.64. The minimum absolute atomic E-state index is 0.00701. The van der Waals surface area contributed by atoms with Gasteiger partial charge in [-0.25, -0.2) is 13.2 Å². The van der Waals surface area contributed by atoms with Crippen molar-refractivity contribution in [1.82, 2.24) is 0 Å². The Morgan fingerprint density at radius 1 is 1.39 bits per heavy atom. The van der Waals surface area contributed by atoms with E-state index in [1.165, 1.54) is 25.3 Å². The van der Waals surface area contributed by atoms with Crippen molar-refractivity contribution in [3.8, 4) is 0 Å². The molecule has 0 aliphatic heterocycles. The van der Waals surface area contributed by atoms with E-state index in [1.807, 2.05) is 0 Å². The summed E-state index contributed by atoms with van der Waals surface area (Å²) in [7, 11) is -2.17. The monoisotopic (exact) mass is 291 g/mol. The SMILES string of the molecule is CCCS(=O)(=O)Nc1cc(Cl)cc(C(=O)OC)c1. The lowest BCUT2D eigenvalue weighted by molar-refractivity contribution is 0.0601. The zero-order valence-electron chi connectivity index (χ0n) is 10.1. The molecule has 1 aromatic rings. The van der Waals surface area contributed by atoms with Crippen LogP contribution in [0.15, 0.2) is 18.2 Å². The van der Waals surface area contributed by atoms with E-state index < -0.39 is 16.0 Å². The van der Waals surface area contributed by atoms with Gasteiger partial charge in [0, 0.05) is 5.02 Å². The number of anilines is 1. The summed E-state index contributed by atoms with van der Waals surface area (Å²) in [6.45, 7) is 1.76. The van der Waals surface area contributed by atoms with Gasteiger partial charge in [-0.3, -0.25) is 4.72 Å². The predicted molar refractivity (Wildman–Crippen MR) is 70.5 cm³/mol. The molecule has 0 fully saturated rings. The number of rotatable bonds is 5. The van der Waals surface area contributed by atoms with Gasteiger partial charge in [0.25, 0.3) is 0 Å². The fraction of sp³-hybridized carbons (Fsp3) is 0.364. The lowest BCUT2D eigenvalue weighted by Gasteiger charge is -2.09. The standard InChI is InChI=1S/C11H14ClNO4S/c1-3-4-18(15,16)13-10-6-8(11(14)17-2)5-9(12)7-10/h5-7,13H,3-4H2,1-2H3. The van der Waals surface area contributed by atoms with Crippen molar-refractivity contribution < 1.29 is 17.9 Å². The van der Waals surface area contributed by atoms with Crippen molar-refractivity contribution in [2.75, 3.05) is 17.6 Å². The molecular formula is C11H14ClNO4S. The second kappa shape index (κ2) is 6.06. The Morgan fingerprint density at radius 3 is 2.61 bits per heavy atom. The van der Waals surface area contributed by atoms with E-state index in [0.29, 0.717) is 6.42 Å². The van der Waals surface area contributed by atoms with Crippen LogP contribution in [-0.4, -0.2) is 27.2 Å². The zero-order valence-corrected chi connectivity index (χ0v) is 11.6. The van der Waals surface area contributed by atoms with Gasteiger partial charge in [-0.05, 0) is 24.6 Å². The van der Waals surface area contributed by atoms with Crippen molar-refractivity contribution >= 4 is 33.3 Å². The Hall–Kier alpha value is -1.27. The largest absolute Gasteiger partial charge is 0.465 e. The van der Waals surface area contributed by atoms with Crippen molar-refractivity contribution in [2.24, 2.45) is 0 Å². The summed E-state index contributed by atoms with van der Waals surface area (Å²) in [5.41, 5.74) is 0.440. The quantitative estimate of drug-likeness (QED) is 0.845. The van der Waals surface area contributed by atoms with Gasteiger partial charge < -0.3 is 4.74 Å². The summed E-state index contributed by atoms with van der Waals surface area (Å²) in [4.78, 5) is 11.4. The molecule has 0 aromatic heterocycles. The molecule has 18 heavy (non-hydrogen) atoms. The van der Waals surface area contributed by atoms with Crippen LogP contribution >= 0.6 is 11.6 Å². The molecule has 7 heteroatoms. The molecule has 100 valence electrons. The Labute approximate surface area is 111 Å². The van der Waals surface area contributed by atoms with Gasteiger partial charge in [0.2, 0.25) is 10.0 Å². The molecule has 0 amide bonds. The van der Waals surface area contributed by atoms with Gasteiger partial charge in [-0.1, -0.05) is 18.5 Å². The first-order chi connectivity index (χ1) is 8.38. The normalized spacial score (nSPS) is 11.1. The van der Waals surface area contributed by atoms with Gasteiger partial charge >= 0.3 is 5.97 Å². The number of esters is 1. The number of ether oxygens (including phenoxy) is 1. The fourth-order valence-corrected chi connectivity index (χ4v) is 2.74. The van der Waals surface area contributed by atoms with Crippen LogP contribution in [0.25, 0.3) is 0 Å². The molecule has 0 saturated heterocycles. The molecule has 0 saturated carbocycles. The molecule has 0 atom stereocenters. The Balaban J connectivity index is 3.04. The first-order valence-corrected chi connectivity index (χ1v) is 7.30.